The van der Waals surface area contributed by atoms with Gasteiger partial charge in [-0.3, -0.25) is 9.59 Å². The zero-order valence-electron chi connectivity index (χ0n) is 16.5. The van der Waals surface area contributed by atoms with Gasteiger partial charge in [-0.15, -0.1) is 0 Å². The number of Topliss-reactive ketones (excluding diaryl/α,β-unsaturated/α-hetero) is 2. The molecule has 1 N–H and O–H groups in total. The fourth-order valence-corrected chi connectivity index (χ4v) is 3.98. The molecular formula is C21H29NO5. The van der Waals surface area contributed by atoms with E-state index in [1.165, 1.54) is 14.2 Å². The van der Waals surface area contributed by atoms with Crippen molar-refractivity contribution in [3.63, 3.8) is 0 Å². The minimum absolute atomic E-state index is 0.0649. The van der Waals surface area contributed by atoms with Crippen molar-refractivity contribution in [2.75, 3.05) is 27.4 Å². The molecule has 0 spiro atoms. The fraction of sp³-hybridized carbons (Fsp3) is 0.619. The molecule has 2 atom stereocenters. The normalized spacial score (nSPS) is 27.4. The first-order valence-corrected chi connectivity index (χ1v) is 9.57. The van der Waals surface area contributed by atoms with Gasteiger partial charge in [0.15, 0.2) is 11.6 Å². The topological polar surface area (TPSA) is 73.9 Å². The van der Waals surface area contributed by atoms with Gasteiger partial charge in [0.25, 0.3) is 0 Å². The van der Waals surface area contributed by atoms with Crippen molar-refractivity contribution in [2.45, 2.75) is 44.9 Å². The Morgan fingerprint density at radius 3 is 2.15 bits per heavy atom. The maximum atomic E-state index is 13.0. The highest BCUT2D eigenvalue weighted by atomic mass is 16.5. The molecule has 0 saturated heterocycles. The van der Waals surface area contributed by atoms with Crippen LogP contribution in [0.2, 0.25) is 0 Å². The first-order valence-electron chi connectivity index (χ1n) is 9.57. The van der Waals surface area contributed by atoms with Crippen LogP contribution >= 0.6 is 0 Å². The number of fused-ring (bicyclic) bond motifs is 1. The molecule has 6 nitrogen and oxygen atoms in total. The van der Waals surface area contributed by atoms with Gasteiger partial charge in [0.05, 0.1) is 25.0 Å². The van der Waals surface area contributed by atoms with Gasteiger partial charge >= 0.3 is 0 Å². The number of ether oxygens (including phenoxy) is 3. The Bertz CT molecular complexity index is 696. The van der Waals surface area contributed by atoms with Crippen LogP contribution in [0, 0.1) is 11.8 Å². The molecule has 2 aliphatic carbocycles. The minimum Gasteiger partial charge on any atom is -0.490 e. The molecule has 27 heavy (non-hydrogen) atoms. The highest BCUT2D eigenvalue weighted by molar-refractivity contribution is 6.16. The summed E-state index contributed by atoms with van der Waals surface area (Å²) in [5.74, 6) is -0.522. The van der Waals surface area contributed by atoms with E-state index in [2.05, 4.69) is 19.2 Å². The van der Waals surface area contributed by atoms with E-state index in [1.807, 2.05) is 0 Å². The predicted molar refractivity (Wildman–Crippen MR) is 102 cm³/mol. The van der Waals surface area contributed by atoms with Gasteiger partial charge in [0, 0.05) is 37.4 Å². The van der Waals surface area contributed by atoms with E-state index in [-0.39, 0.29) is 30.9 Å². The summed E-state index contributed by atoms with van der Waals surface area (Å²) < 4.78 is 16.4. The van der Waals surface area contributed by atoms with E-state index < -0.39 is 11.8 Å². The second kappa shape index (κ2) is 8.50. The third kappa shape index (κ3) is 4.23. The zero-order valence-corrected chi connectivity index (χ0v) is 16.5. The molecule has 1 aromatic carbocycles. The lowest BCUT2D eigenvalue weighted by Crippen LogP contribution is -2.49. The van der Waals surface area contributed by atoms with Gasteiger partial charge < -0.3 is 19.5 Å². The van der Waals surface area contributed by atoms with E-state index in [4.69, 9.17) is 14.2 Å². The maximum Gasteiger partial charge on any atom is 0.169 e. The molecule has 1 saturated carbocycles. The molecule has 2 unspecified atom stereocenters. The van der Waals surface area contributed by atoms with Gasteiger partial charge in [-0.2, -0.15) is 0 Å². The van der Waals surface area contributed by atoms with Gasteiger partial charge in [0.2, 0.25) is 0 Å². The number of hydrogen-bond acceptors (Lipinski definition) is 6. The van der Waals surface area contributed by atoms with Crippen LogP contribution in [0.1, 0.15) is 47.4 Å². The van der Waals surface area contributed by atoms with E-state index in [9.17, 15) is 9.59 Å². The zero-order chi connectivity index (χ0) is 19.6. The molecule has 0 bridgehead atoms. The van der Waals surface area contributed by atoms with Crippen molar-refractivity contribution < 1.29 is 23.8 Å². The van der Waals surface area contributed by atoms with Crippen LogP contribution in [0.5, 0.6) is 5.75 Å². The average Bonchev–Trinajstić information content (AvgIpc) is 2.60. The Labute approximate surface area is 160 Å². The number of carbonyl (C=O) groups is 2. The van der Waals surface area contributed by atoms with Crippen molar-refractivity contribution in [3.05, 3.63) is 29.3 Å². The molecule has 148 valence electrons. The summed E-state index contributed by atoms with van der Waals surface area (Å²) in [6.45, 7) is 4.68. The second-order valence-corrected chi connectivity index (χ2v) is 7.79. The number of methoxy groups -OCH3 is 2. The quantitative estimate of drug-likeness (QED) is 0.753. The molecule has 0 aliphatic heterocycles. The number of ketones is 2. The molecule has 0 aromatic heterocycles. The Hall–Kier alpha value is -1.76. The Morgan fingerprint density at radius 1 is 1.00 bits per heavy atom. The van der Waals surface area contributed by atoms with E-state index in [1.54, 1.807) is 18.2 Å². The van der Waals surface area contributed by atoms with Crippen molar-refractivity contribution in [1.29, 1.82) is 0 Å². The van der Waals surface area contributed by atoms with Crippen LogP contribution in [0.25, 0.3) is 0 Å². The van der Waals surface area contributed by atoms with Gasteiger partial charge in [-0.1, -0.05) is 13.8 Å². The summed E-state index contributed by atoms with van der Waals surface area (Å²) in [6.07, 6.45) is 2.04. The fourth-order valence-electron chi connectivity index (χ4n) is 3.98. The first kappa shape index (κ1) is 20.0. The summed E-state index contributed by atoms with van der Waals surface area (Å²) in [4.78, 5) is 25.8. The van der Waals surface area contributed by atoms with Crippen molar-refractivity contribution in [3.8, 4) is 5.75 Å². The lowest BCUT2D eigenvalue weighted by atomic mass is 9.74. The monoisotopic (exact) mass is 375 g/mol. The van der Waals surface area contributed by atoms with Crippen LogP contribution in [0.15, 0.2) is 18.2 Å². The highest BCUT2D eigenvalue weighted by Gasteiger charge is 2.41. The number of carbonyl (C=O) groups excluding carboxylic acids is 2. The lowest BCUT2D eigenvalue weighted by Gasteiger charge is -2.37. The van der Waals surface area contributed by atoms with Gasteiger partial charge in [-0.25, -0.2) is 0 Å². The molecule has 1 fully saturated rings. The number of rotatable bonds is 8. The summed E-state index contributed by atoms with van der Waals surface area (Å²) in [5, 5.41) is 3.49. The Kier molecular flexibility index (Phi) is 6.29. The lowest BCUT2D eigenvalue weighted by molar-refractivity contribution is 0.0432. The third-order valence-electron chi connectivity index (χ3n) is 5.34. The third-order valence-corrected chi connectivity index (χ3v) is 5.34. The standard InChI is InChI=1S/C21H29NO5/c1-12(2)22-13-7-15(8-13)27-14-5-6-16-17(9-14)21(24)19(11-26-4)18(10-25-3)20(16)23/h5-6,9,12-13,15,18-19,22H,7-8,10-11H2,1-4H3. The molecule has 0 radical (unpaired) electrons. The number of hydrogen-bond donors (Lipinski definition) is 1. The van der Waals surface area contributed by atoms with Crippen LogP contribution in [-0.4, -0.2) is 57.2 Å². The molecule has 0 heterocycles. The smallest absolute Gasteiger partial charge is 0.169 e. The Balaban J connectivity index is 1.74. The Morgan fingerprint density at radius 2 is 1.59 bits per heavy atom. The number of nitrogens with one attached hydrogen (secondary N) is 1. The van der Waals surface area contributed by atoms with E-state index >= 15 is 0 Å². The second-order valence-electron chi connectivity index (χ2n) is 7.79. The van der Waals surface area contributed by atoms with Crippen molar-refractivity contribution >= 4 is 11.6 Å². The minimum atomic E-state index is -0.520. The van der Waals surface area contributed by atoms with Crippen LogP contribution in [-0.2, 0) is 9.47 Å². The summed E-state index contributed by atoms with van der Waals surface area (Å²) in [5.41, 5.74) is 0.887. The maximum absolute atomic E-state index is 13.0. The SMILES string of the molecule is COCC1C(=O)c2ccc(OC3CC(NC(C)C)C3)cc2C(=O)C1COC. The highest BCUT2D eigenvalue weighted by Crippen LogP contribution is 2.34. The summed E-state index contributed by atoms with van der Waals surface area (Å²) in [6, 6.07) is 6.15. The number of benzene rings is 1. The first-order chi connectivity index (χ1) is 12.9. The molecule has 2 aliphatic rings. The van der Waals surface area contributed by atoms with Crippen LogP contribution in [0.4, 0.5) is 0 Å². The van der Waals surface area contributed by atoms with Crippen LogP contribution < -0.4 is 10.1 Å². The van der Waals surface area contributed by atoms with Gasteiger partial charge in [0.1, 0.15) is 11.9 Å². The molecule has 3 rings (SSSR count). The van der Waals surface area contributed by atoms with Crippen molar-refractivity contribution in [2.24, 2.45) is 11.8 Å². The van der Waals surface area contributed by atoms with E-state index in [0.29, 0.717) is 29.0 Å². The average molecular weight is 375 g/mol. The predicted octanol–water partition coefficient (Wildman–Crippen LogP) is 2.50. The van der Waals surface area contributed by atoms with Crippen molar-refractivity contribution in [1.82, 2.24) is 5.32 Å². The molecular weight excluding hydrogens is 346 g/mol. The van der Waals surface area contributed by atoms with E-state index in [0.717, 1.165) is 12.8 Å². The molecule has 0 amide bonds. The summed E-state index contributed by atoms with van der Waals surface area (Å²) >= 11 is 0. The largest absolute Gasteiger partial charge is 0.490 e. The molecule has 1 aromatic rings. The summed E-state index contributed by atoms with van der Waals surface area (Å²) in [7, 11) is 3.07. The molecule has 6 heteroatoms. The van der Waals surface area contributed by atoms with Gasteiger partial charge in [-0.05, 0) is 31.0 Å². The van der Waals surface area contributed by atoms with Crippen LogP contribution in [0.3, 0.4) is 0 Å².